The van der Waals surface area contributed by atoms with E-state index in [1.54, 1.807) is 0 Å². The van der Waals surface area contributed by atoms with Crippen molar-refractivity contribution in [2.45, 2.75) is 65.0 Å². The van der Waals surface area contributed by atoms with E-state index in [2.05, 4.69) is 41.8 Å². The zero-order chi connectivity index (χ0) is 13.7. The number of hydrogen-bond donors (Lipinski definition) is 1. The van der Waals surface area contributed by atoms with Crippen molar-refractivity contribution in [2.75, 3.05) is 16.8 Å². The summed E-state index contributed by atoms with van der Waals surface area (Å²) in [4.78, 5) is 4.67. The predicted octanol–water partition coefficient (Wildman–Crippen LogP) is 4.25. The lowest BCUT2D eigenvalue weighted by molar-refractivity contribution is 0.535. The smallest absolute Gasteiger partial charge is 0.203 e. The van der Waals surface area contributed by atoms with Crippen molar-refractivity contribution < 1.29 is 0 Å². The van der Waals surface area contributed by atoms with Crippen molar-refractivity contribution in [3.05, 3.63) is 11.9 Å². The zero-order valence-corrected chi connectivity index (χ0v) is 13.3. The SMILES string of the molecule is CCSCCC(C)n1cc(C)nc1NC1CCCC1. The van der Waals surface area contributed by atoms with Crippen LogP contribution in [0.2, 0.25) is 0 Å². The molecule has 108 valence electrons. The van der Waals surface area contributed by atoms with Gasteiger partial charge in [0.15, 0.2) is 0 Å². The number of aromatic nitrogens is 2. The molecule has 1 N–H and O–H groups in total. The Labute approximate surface area is 121 Å². The van der Waals surface area contributed by atoms with Gasteiger partial charge in [0.05, 0.1) is 5.69 Å². The van der Waals surface area contributed by atoms with Gasteiger partial charge in [0.25, 0.3) is 0 Å². The van der Waals surface area contributed by atoms with E-state index in [1.165, 1.54) is 43.6 Å². The van der Waals surface area contributed by atoms with Crippen molar-refractivity contribution in [2.24, 2.45) is 0 Å². The lowest BCUT2D eigenvalue weighted by Gasteiger charge is -2.19. The molecule has 2 rings (SSSR count). The van der Waals surface area contributed by atoms with E-state index in [-0.39, 0.29) is 0 Å². The molecule has 0 aromatic carbocycles. The molecular weight excluding hydrogens is 254 g/mol. The lowest BCUT2D eigenvalue weighted by Crippen LogP contribution is -2.19. The van der Waals surface area contributed by atoms with E-state index < -0.39 is 0 Å². The Bertz CT molecular complexity index is 383. The normalized spacial score (nSPS) is 17.8. The summed E-state index contributed by atoms with van der Waals surface area (Å²) in [7, 11) is 0. The molecule has 0 amide bonds. The van der Waals surface area contributed by atoms with Crippen molar-refractivity contribution in [1.82, 2.24) is 9.55 Å². The highest BCUT2D eigenvalue weighted by Crippen LogP contribution is 2.25. The third-order valence-electron chi connectivity index (χ3n) is 3.90. The molecule has 0 spiro atoms. The average molecular weight is 281 g/mol. The number of imidazole rings is 1. The van der Waals surface area contributed by atoms with Crippen LogP contribution in [0.4, 0.5) is 5.95 Å². The van der Waals surface area contributed by atoms with Crippen LogP contribution in [-0.4, -0.2) is 27.1 Å². The summed E-state index contributed by atoms with van der Waals surface area (Å²) in [5.41, 5.74) is 1.12. The van der Waals surface area contributed by atoms with E-state index >= 15 is 0 Å². The van der Waals surface area contributed by atoms with E-state index in [4.69, 9.17) is 0 Å². The highest BCUT2D eigenvalue weighted by molar-refractivity contribution is 7.99. The number of nitrogens with zero attached hydrogens (tertiary/aromatic N) is 2. The molecule has 1 atom stereocenters. The Morgan fingerprint density at radius 3 is 2.89 bits per heavy atom. The molecule has 1 aliphatic carbocycles. The number of thioether (sulfide) groups is 1. The molecular formula is C15H27N3S. The van der Waals surface area contributed by atoms with Gasteiger partial charge in [-0.3, -0.25) is 0 Å². The van der Waals surface area contributed by atoms with Crippen LogP contribution >= 0.6 is 11.8 Å². The summed E-state index contributed by atoms with van der Waals surface area (Å²) in [6, 6.07) is 1.17. The van der Waals surface area contributed by atoms with Crippen LogP contribution in [0, 0.1) is 6.92 Å². The van der Waals surface area contributed by atoms with Crippen molar-refractivity contribution in [1.29, 1.82) is 0 Å². The van der Waals surface area contributed by atoms with Gasteiger partial charge in [0.2, 0.25) is 5.95 Å². The summed E-state index contributed by atoms with van der Waals surface area (Å²) in [6.07, 6.45) is 8.73. The minimum atomic E-state index is 0.532. The van der Waals surface area contributed by atoms with Crippen LogP contribution in [0.1, 0.15) is 57.7 Å². The third-order valence-corrected chi connectivity index (χ3v) is 4.83. The topological polar surface area (TPSA) is 29.9 Å². The predicted molar refractivity (Wildman–Crippen MR) is 85.2 cm³/mol. The summed E-state index contributed by atoms with van der Waals surface area (Å²) in [5, 5.41) is 3.65. The molecule has 1 heterocycles. The van der Waals surface area contributed by atoms with Crippen LogP contribution in [-0.2, 0) is 0 Å². The number of nitrogens with one attached hydrogen (secondary N) is 1. The Morgan fingerprint density at radius 1 is 1.47 bits per heavy atom. The van der Waals surface area contributed by atoms with Crippen LogP contribution in [0.5, 0.6) is 0 Å². The first-order valence-corrected chi connectivity index (χ1v) is 8.76. The summed E-state index contributed by atoms with van der Waals surface area (Å²) in [6.45, 7) is 6.62. The van der Waals surface area contributed by atoms with Crippen LogP contribution in [0.25, 0.3) is 0 Å². The van der Waals surface area contributed by atoms with Gasteiger partial charge >= 0.3 is 0 Å². The maximum absolute atomic E-state index is 4.67. The molecule has 3 nitrogen and oxygen atoms in total. The minimum absolute atomic E-state index is 0.532. The minimum Gasteiger partial charge on any atom is -0.353 e. The number of anilines is 1. The maximum Gasteiger partial charge on any atom is 0.203 e. The Balaban J connectivity index is 1.97. The second-order valence-corrected chi connectivity index (χ2v) is 6.97. The van der Waals surface area contributed by atoms with Gasteiger partial charge in [-0.05, 0) is 44.6 Å². The van der Waals surface area contributed by atoms with Crippen LogP contribution in [0.3, 0.4) is 0 Å². The van der Waals surface area contributed by atoms with E-state index in [0.29, 0.717) is 12.1 Å². The van der Waals surface area contributed by atoms with E-state index in [9.17, 15) is 0 Å². The van der Waals surface area contributed by atoms with Crippen LogP contribution in [0.15, 0.2) is 6.20 Å². The highest BCUT2D eigenvalue weighted by atomic mass is 32.2. The zero-order valence-electron chi connectivity index (χ0n) is 12.5. The van der Waals surface area contributed by atoms with Gasteiger partial charge in [-0.25, -0.2) is 4.98 Å². The third kappa shape index (κ3) is 4.16. The fraction of sp³-hybridized carbons (Fsp3) is 0.800. The van der Waals surface area contributed by atoms with Gasteiger partial charge in [-0.1, -0.05) is 19.8 Å². The molecule has 1 aromatic heterocycles. The van der Waals surface area contributed by atoms with Gasteiger partial charge in [0.1, 0.15) is 0 Å². The number of hydrogen-bond acceptors (Lipinski definition) is 3. The largest absolute Gasteiger partial charge is 0.353 e. The molecule has 1 saturated carbocycles. The van der Waals surface area contributed by atoms with Gasteiger partial charge < -0.3 is 9.88 Å². The standard InChI is InChI=1S/C15H27N3S/c1-4-19-10-9-13(3)18-11-12(2)16-15(18)17-14-7-5-6-8-14/h11,13-14H,4-10H2,1-3H3,(H,16,17). The first-order valence-electron chi connectivity index (χ1n) is 7.60. The van der Waals surface area contributed by atoms with Crippen molar-refractivity contribution >= 4 is 17.7 Å². The molecule has 0 saturated heterocycles. The second kappa shape index (κ2) is 7.22. The molecule has 0 radical (unpaired) electrons. The fourth-order valence-electron chi connectivity index (χ4n) is 2.75. The Kier molecular flexibility index (Phi) is 5.61. The average Bonchev–Trinajstić information content (AvgIpc) is 3.00. The van der Waals surface area contributed by atoms with E-state index in [0.717, 1.165) is 11.6 Å². The summed E-state index contributed by atoms with van der Waals surface area (Å²) < 4.78 is 2.34. The molecule has 0 aliphatic heterocycles. The molecule has 4 heteroatoms. The van der Waals surface area contributed by atoms with Gasteiger partial charge in [-0.2, -0.15) is 11.8 Å². The molecule has 1 unspecified atom stereocenters. The first kappa shape index (κ1) is 14.8. The molecule has 1 aromatic rings. The summed E-state index contributed by atoms with van der Waals surface area (Å²) >= 11 is 2.02. The quantitative estimate of drug-likeness (QED) is 0.758. The monoisotopic (exact) mass is 281 g/mol. The van der Waals surface area contributed by atoms with Crippen molar-refractivity contribution in [3.63, 3.8) is 0 Å². The Morgan fingerprint density at radius 2 is 2.21 bits per heavy atom. The van der Waals surface area contributed by atoms with Crippen molar-refractivity contribution in [3.8, 4) is 0 Å². The molecule has 1 fully saturated rings. The lowest BCUT2D eigenvalue weighted by atomic mass is 10.2. The van der Waals surface area contributed by atoms with Crippen LogP contribution < -0.4 is 5.32 Å². The molecule has 0 bridgehead atoms. The second-order valence-electron chi connectivity index (χ2n) is 5.57. The summed E-state index contributed by atoms with van der Waals surface area (Å²) in [5.74, 6) is 3.53. The Hall–Kier alpha value is -0.640. The van der Waals surface area contributed by atoms with Gasteiger partial charge in [-0.15, -0.1) is 0 Å². The fourth-order valence-corrected chi connectivity index (χ4v) is 3.55. The van der Waals surface area contributed by atoms with Gasteiger partial charge in [0, 0.05) is 18.3 Å². The first-order chi connectivity index (χ1) is 9.20. The maximum atomic E-state index is 4.67. The molecule has 19 heavy (non-hydrogen) atoms. The number of rotatable bonds is 7. The van der Waals surface area contributed by atoms with E-state index in [1.807, 2.05) is 11.8 Å². The molecule has 1 aliphatic rings. The highest BCUT2D eigenvalue weighted by Gasteiger charge is 2.18. The number of aryl methyl sites for hydroxylation is 1.